The Morgan fingerprint density at radius 3 is 3.10 bits per heavy atom. The lowest BCUT2D eigenvalue weighted by Gasteiger charge is -2.35. The van der Waals surface area contributed by atoms with Crippen LogP contribution in [0.3, 0.4) is 0 Å². The molecule has 106 valence electrons. The summed E-state index contributed by atoms with van der Waals surface area (Å²) in [5, 5.41) is 2.79. The molecule has 0 saturated carbocycles. The standard InChI is InChI=1S/C14H14N6O/c21-14(18-12-8-15-5-6-16-12)20-10-3-7-19(9-10)11-2-1-4-17-13(11)20/h1-2,4-6,8,10H,3,7,9H2,(H,16,18,21)/t10-/m0/s1. The van der Waals surface area contributed by atoms with Crippen LogP contribution in [-0.4, -0.2) is 40.1 Å². The van der Waals surface area contributed by atoms with Gasteiger partial charge in [-0.15, -0.1) is 0 Å². The zero-order valence-corrected chi connectivity index (χ0v) is 11.3. The fourth-order valence-corrected chi connectivity index (χ4v) is 2.96. The Morgan fingerprint density at radius 1 is 1.29 bits per heavy atom. The quantitative estimate of drug-likeness (QED) is 0.858. The molecule has 0 spiro atoms. The van der Waals surface area contributed by atoms with Gasteiger partial charge in [-0.05, 0) is 18.6 Å². The number of hydrogen-bond donors (Lipinski definition) is 1. The van der Waals surface area contributed by atoms with Gasteiger partial charge in [0.15, 0.2) is 11.6 Å². The summed E-state index contributed by atoms with van der Waals surface area (Å²) >= 11 is 0. The van der Waals surface area contributed by atoms with E-state index in [0.717, 1.165) is 25.2 Å². The van der Waals surface area contributed by atoms with Crippen molar-refractivity contribution in [1.29, 1.82) is 0 Å². The van der Waals surface area contributed by atoms with Crippen molar-refractivity contribution in [3.05, 3.63) is 36.9 Å². The number of anilines is 3. The lowest BCUT2D eigenvalue weighted by molar-refractivity contribution is 0.254. The summed E-state index contributed by atoms with van der Waals surface area (Å²) in [6, 6.07) is 3.86. The van der Waals surface area contributed by atoms with Crippen molar-refractivity contribution in [2.24, 2.45) is 0 Å². The fraction of sp³-hybridized carbons (Fsp3) is 0.286. The molecule has 2 amide bonds. The van der Waals surface area contributed by atoms with Crippen molar-refractivity contribution < 1.29 is 4.79 Å². The molecule has 4 heterocycles. The molecule has 4 rings (SSSR count). The van der Waals surface area contributed by atoms with Crippen LogP contribution in [0.15, 0.2) is 36.9 Å². The number of amides is 2. The molecule has 0 aromatic carbocycles. The van der Waals surface area contributed by atoms with E-state index >= 15 is 0 Å². The van der Waals surface area contributed by atoms with Gasteiger partial charge in [-0.25, -0.2) is 14.8 Å². The van der Waals surface area contributed by atoms with Gasteiger partial charge in [0.2, 0.25) is 0 Å². The van der Waals surface area contributed by atoms with Crippen molar-refractivity contribution in [2.45, 2.75) is 12.5 Å². The molecule has 2 aliphatic rings. The molecule has 1 fully saturated rings. The molecule has 0 aliphatic carbocycles. The third-order valence-corrected chi connectivity index (χ3v) is 3.88. The maximum absolute atomic E-state index is 12.6. The van der Waals surface area contributed by atoms with Gasteiger partial charge in [0.25, 0.3) is 0 Å². The lowest BCUT2D eigenvalue weighted by Crippen LogP contribution is -2.48. The maximum atomic E-state index is 12.6. The summed E-state index contributed by atoms with van der Waals surface area (Å²) in [7, 11) is 0. The summed E-state index contributed by atoms with van der Waals surface area (Å²) in [5.74, 6) is 1.16. The molecule has 21 heavy (non-hydrogen) atoms. The SMILES string of the molecule is O=C(Nc1cnccn1)N1c2ncccc2N2CC[C@H]1C2. The Balaban J connectivity index is 1.67. The van der Waals surface area contributed by atoms with Crippen LogP contribution in [0.2, 0.25) is 0 Å². The highest BCUT2D eigenvalue weighted by molar-refractivity contribution is 6.03. The smallest absolute Gasteiger partial charge is 0.329 e. The summed E-state index contributed by atoms with van der Waals surface area (Å²) in [5.41, 5.74) is 1.01. The number of carbonyl (C=O) groups excluding carboxylic acids is 1. The second kappa shape index (κ2) is 4.69. The van der Waals surface area contributed by atoms with Crippen molar-refractivity contribution in [3.8, 4) is 0 Å². The summed E-state index contributed by atoms with van der Waals surface area (Å²) < 4.78 is 0. The molecular weight excluding hydrogens is 268 g/mol. The second-order valence-electron chi connectivity index (χ2n) is 5.13. The molecule has 2 bridgehead atoms. The average Bonchev–Trinajstić information content (AvgIpc) is 2.93. The molecule has 2 aromatic heterocycles. The number of hydrogen-bond acceptors (Lipinski definition) is 5. The Bertz CT molecular complexity index is 676. The first-order valence-corrected chi connectivity index (χ1v) is 6.89. The first-order chi connectivity index (χ1) is 10.3. The molecule has 1 saturated heterocycles. The molecule has 0 unspecified atom stereocenters. The number of fused-ring (bicyclic) bond motifs is 4. The van der Waals surface area contributed by atoms with E-state index < -0.39 is 0 Å². The van der Waals surface area contributed by atoms with E-state index in [0.29, 0.717) is 11.6 Å². The number of nitrogens with one attached hydrogen (secondary N) is 1. The molecule has 7 heteroatoms. The highest BCUT2D eigenvalue weighted by Crippen LogP contribution is 2.38. The van der Waals surface area contributed by atoms with E-state index in [-0.39, 0.29) is 12.1 Å². The van der Waals surface area contributed by atoms with E-state index in [1.165, 1.54) is 6.20 Å². The first-order valence-electron chi connectivity index (χ1n) is 6.89. The molecule has 2 aliphatic heterocycles. The predicted octanol–water partition coefficient (Wildman–Crippen LogP) is 1.50. The van der Waals surface area contributed by atoms with Gasteiger partial charge in [0, 0.05) is 31.7 Å². The van der Waals surface area contributed by atoms with Crippen LogP contribution in [0, 0.1) is 0 Å². The number of pyridine rings is 1. The van der Waals surface area contributed by atoms with Crippen LogP contribution in [0.5, 0.6) is 0 Å². The van der Waals surface area contributed by atoms with Crippen molar-refractivity contribution in [2.75, 3.05) is 28.2 Å². The van der Waals surface area contributed by atoms with Gasteiger partial charge in [0.05, 0.1) is 17.9 Å². The highest BCUT2D eigenvalue weighted by Gasteiger charge is 2.39. The molecule has 1 atom stereocenters. The van der Waals surface area contributed by atoms with Gasteiger partial charge in [0.1, 0.15) is 0 Å². The number of aromatic nitrogens is 3. The van der Waals surface area contributed by atoms with Crippen molar-refractivity contribution >= 4 is 23.4 Å². The van der Waals surface area contributed by atoms with Crippen LogP contribution in [0.1, 0.15) is 6.42 Å². The van der Waals surface area contributed by atoms with Crippen LogP contribution in [0.4, 0.5) is 22.1 Å². The van der Waals surface area contributed by atoms with Crippen LogP contribution >= 0.6 is 0 Å². The Labute approximate surface area is 121 Å². The van der Waals surface area contributed by atoms with E-state index in [1.54, 1.807) is 23.5 Å². The second-order valence-corrected chi connectivity index (χ2v) is 5.13. The fourth-order valence-electron chi connectivity index (χ4n) is 2.96. The third kappa shape index (κ3) is 1.97. The monoisotopic (exact) mass is 282 g/mol. The summed E-state index contributed by atoms with van der Waals surface area (Å²) in [4.78, 5) is 29.1. The Morgan fingerprint density at radius 2 is 2.24 bits per heavy atom. The maximum Gasteiger partial charge on any atom is 0.329 e. The molecule has 7 nitrogen and oxygen atoms in total. The van der Waals surface area contributed by atoms with E-state index in [4.69, 9.17) is 0 Å². The minimum Gasteiger partial charge on any atom is -0.366 e. The van der Waals surface area contributed by atoms with Gasteiger partial charge < -0.3 is 4.90 Å². The zero-order chi connectivity index (χ0) is 14.2. The largest absolute Gasteiger partial charge is 0.366 e. The molecule has 2 aromatic rings. The Kier molecular flexibility index (Phi) is 2.70. The summed E-state index contributed by atoms with van der Waals surface area (Å²) in [6.45, 7) is 1.81. The molecule has 1 N–H and O–H groups in total. The van der Waals surface area contributed by atoms with Gasteiger partial charge in [-0.2, -0.15) is 0 Å². The highest BCUT2D eigenvalue weighted by atomic mass is 16.2. The van der Waals surface area contributed by atoms with Crippen LogP contribution < -0.4 is 15.1 Å². The van der Waals surface area contributed by atoms with E-state index in [1.807, 2.05) is 12.1 Å². The number of rotatable bonds is 1. The van der Waals surface area contributed by atoms with E-state index in [9.17, 15) is 4.79 Å². The van der Waals surface area contributed by atoms with Gasteiger partial charge in [-0.3, -0.25) is 15.2 Å². The minimum atomic E-state index is -0.206. The third-order valence-electron chi connectivity index (χ3n) is 3.88. The van der Waals surface area contributed by atoms with Crippen LogP contribution in [-0.2, 0) is 0 Å². The number of urea groups is 1. The van der Waals surface area contributed by atoms with Crippen molar-refractivity contribution in [3.63, 3.8) is 0 Å². The van der Waals surface area contributed by atoms with Gasteiger partial charge in [-0.1, -0.05) is 0 Å². The van der Waals surface area contributed by atoms with Crippen molar-refractivity contribution in [1.82, 2.24) is 15.0 Å². The molecule has 0 radical (unpaired) electrons. The topological polar surface area (TPSA) is 74.2 Å². The van der Waals surface area contributed by atoms with Gasteiger partial charge >= 0.3 is 6.03 Å². The predicted molar refractivity (Wildman–Crippen MR) is 78.4 cm³/mol. The first kappa shape index (κ1) is 12.1. The summed E-state index contributed by atoms with van der Waals surface area (Å²) in [6.07, 6.45) is 7.32. The minimum absolute atomic E-state index is 0.157. The average molecular weight is 282 g/mol. The number of nitrogens with zero attached hydrogens (tertiary/aromatic N) is 5. The number of carbonyl (C=O) groups is 1. The Hall–Kier alpha value is -2.70. The molecular formula is C14H14N6O. The van der Waals surface area contributed by atoms with Crippen LogP contribution in [0.25, 0.3) is 0 Å². The zero-order valence-electron chi connectivity index (χ0n) is 11.3. The normalized spacial score (nSPS) is 19.3. The lowest BCUT2D eigenvalue weighted by atomic mass is 10.2. The van der Waals surface area contributed by atoms with E-state index in [2.05, 4.69) is 25.2 Å².